The predicted octanol–water partition coefficient (Wildman–Crippen LogP) is 2.53. The van der Waals surface area contributed by atoms with Gasteiger partial charge in [0.2, 0.25) is 0 Å². The Balaban J connectivity index is 0.000000213. The van der Waals surface area contributed by atoms with E-state index in [1.54, 1.807) is 12.4 Å². The number of hydrogen-bond acceptors (Lipinski definition) is 3. The van der Waals surface area contributed by atoms with Gasteiger partial charge in [0, 0.05) is 24.0 Å². The van der Waals surface area contributed by atoms with Crippen LogP contribution in [-0.2, 0) is 0 Å². The van der Waals surface area contributed by atoms with Gasteiger partial charge < -0.3 is 5.11 Å². The van der Waals surface area contributed by atoms with Gasteiger partial charge >= 0.3 is 5.43 Å². The molecule has 4 nitrogen and oxygen atoms in total. The summed E-state index contributed by atoms with van der Waals surface area (Å²) in [6.07, 6.45) is 3.39. The third-order valence-electron chi connectivity index (χ3n) is 1.38. The number of halogens is 1. The minimum Gasteiger partial charge on any atom is -0.469 e. The van der Waals surface area contributed by atoms with Crippen LogP contribution >= 0.6 is 11.6 Å². The van der Waals surface area contributed by atoms with Gasteiger partial charge in [-0.1, -0.05) is 12.1 Å². The van der Waals surface area contributed by atoms with E-state index in [4.69, 9.17) is 9.90 Å². The number of aromatic nitrogens is 2. The maximum atomic E-state index is 8.77. The van der Waals surface area contributed by atoms with E-state index >= 15 is 0 Å². The first-order valence-corrected chi connectivity index (χ1v) is 4.12. The van der Waals surface area contributed by atoms with Gasteiger partial charge in [-0.3, -0.25) is 9.97 Å². The molecule has 0 aliphatic heterocycles. The molecule has 0 spiro atoms. The maximum Gasteiger partial charge on any atom is 0.401 e. The van der Waals surface area contributed by atoms with Crippen molar-refractivity contribution in [2.45, 2.75) is 0 Å². The summed E-state index contributed by atoms with van der Waals surface area (Å²) in [4.78, 5) is 17.0. The molecule has 0 saturated heterocycles. The average molecular weight is 211 g/mol. The second-order valence-corrected chi connectivity index (χ2v) is 2.62. The highest BCUT2D eigenvalue weighted by Gasteiger charge is 1.88. The van der Waals surface area contributed by atoms with E-state index in [2.05, 4.69) is 21.6 Å². The Kier molecular flexibility index (Phi) is 3.82. The largest absolute Gasteiger partial charge is 0.469 e. The van der Waals surface area contributed by atoms with Gasteiger partial charge in [0.15, 0.2) is 0 Å². The minimum absolute atomic E-state index is 0.949. The van der Waals surface area contributed by atoms with Gasteiger partial charge in [0.05, 0.1) is 11.0 Å². The highest BCUT2D eigenvalue weighted by molar-refractivity contribution is 6.60. The zero-order valence-electron chi connectivity index (χ0n) is 7.09. The molecule has 1 N–H and O–H groups in total. The lowest BCUT2D eigenvalue weighted by Gasteiger charge is -1.90. The van der Waals surface area contributed by atoms with Crippen LogP contribution in [0.3, 0.4) is 0 Å². The number of rotatable bonds is 0. The fraction of sp³-hybridized carbons (Fsp3) is 0. The van der Waals surface area contributed by atoms with Crippen LogP contribution in [0.4, 0.5) is 4.79 Å². The lowest BCUT2D eigenvalue weighted by Crippen LogP contribution is -1.78. The van der Waals surface area contributed by atoms with E-state index < -0.39 is 5.43 Å². The first kappa shape index (κ1) is 10.4. The van der Waals surface area contributed by atoms with E-state index in [0.29, 0.717) is 0 Å². The Hall–Kier alpha value is -1.68. The zero-order valence-corrected chi connectivity index (χ0v) is 7.85. The van der Waals surface area contributed by atoms with Gasteiger partial charge in [-0.15, -0.1) is 0 Å². The lowest BCUT2D eigenvalue weighted by molar-refractivity contribution is 0.220. The van der Waals surface area contributed by atoms with Crippen LogP contribution in [0.5, 0.6) is 0 Å². The van der Waals surface area contributed by atoms with Crippen LogP contribution in [0.1, 0.15) is 0 Å². The summed E-state index contributed by atoms with van der Waals surface area (Å²) in [5.74, 6) is 0. The smallest absolute Gasteiger partial charge is 0.401 e. The molecule has 1 aromatic carbocycles. The third-order valence-corrected chi connectivity index (χ3v) is 1.38. The molecule has 0 aliphatic rings. The van der Waals surface area contributed by atoms with Crippen molar-refractivity contribution in [3.8, 4) is 0 Å². The van der Waals surface area contributed by atoms with E-state index in [9.17, 15) is 0 Å². The maximum absolute atomic E-state index is 8.77. The molecule has 5 heteroatoms. The molecule has 72 valence electrons. The molecule has 0 saturated carbocycles. The summed E-state index contributed by atoms with van der Waals surface area (Å²) >= 11 is 4.19. The van der Waals surface area contributed by atoms with Crippen LogP contribution in [-0.4, -0.2) is 20.5 Å². The summed E-state index contributed by atoms with van der Waals surface area (Å²) in [6.45, 7) is 0. The Morgan fingerprint density at radius 2 is 1.50 bits per heavy atom. The van der Waals surface area contributed by atoms with Gasteiger partial charge in [-0.2, -0.15) is 0 Å². The van der Waals surface area contributed by atoms with Gasteiger partial charge in [-0.25, -0.2) is 4.79 Å². The van der Waals surface area contributed by atoms with Crippen LogP contribution < -0.4 is 0 Å². The zero-order chi connectivity index (χ0) is 10.4. The van der Waals surface area contributed by atoms with E-state index in [0.717, 1.165) is 11.0 Å². The highest BCUT2D eigenvalue weighted by Crippen LogP contribution is 2.04. The summed E-state index contributed by atoms with van der Waals surface area (Å²) in [5, 5.41) is 7.18. The second kappa shape index (κ2) is 5.14. The molecular weight excluding hydrogens is 204 g/mol. The Labute approximate surface area is 85.2 Å². The molecule has 0 bridgehead atoms. The highest BCUT2D eigenvalue weighted by atomic mass is 35.5. The second-order valence-electron chi connectivity index (χ2n) is 2.30. The van der Waals surface area contributed by atoms with E-state index in [1.807, 2.05) is 24.3 Å². The molecule has 2 rings (SSSR count). The SMILES string of the molecule is O=C(O)Cl.c1ccc2nccnc2c1. The summed E-state index contributed by atoms with van der Waals surface area (Å²) in [7, 11) is 0. The first-order chi connectivity index (χ1) is 6.70. The van der Waals surface area contributed by atoms with Crippen molar-refractivity contribution >= 4 is 28.1 Å². The minimum atomic E-state index is -1.36. The monoisotopic (exact) mass is 210 g/mol. The topological polar surface area (TPSA) is 63.1 Å². The molecule has 0 amide bonds. The number of carbonyl (C=O) groups is 1. The molecule has 14 heavy (non-hydrogen) atoms. The number of fused-ring (bicyclic) bond motifs is 1. The lowest BCUT2D eigenvalue weighted by atomic mass is 10.3. The van der Waals surface area contributed by atoms with Crippen molar-refractivity contribution < 1.29 is 9.90 Å². The number of nitrogens with zero attached hydrogens (tertiary/aromatic N) is 2. The summed E-state index contributed by atoms with van der Waals surface area (Å²) < 4.78 is 0. The standard InChI is InChI=1S/C8H6N2.CHClO2/c1-2-4-8-7(3-1)9-5-6-10-8;2-1(3)4/h1-6H;(H,3,4). The molecule has 0 unspecified atom stereocenters. The van der Waals surface area contributed by atoms with Crippen molar-refractivity contribution in [2.75, 3.05) is 0 Å². The molecule has 0 radical (unpaired) electrons. The van der Waals surface area contributed by atoms with Gasteiger partial charge in [0.25, 0.3) is 0 Å². The van der Waals surface area contributed by atoms with Crippen LogP contribution in [0.15, 0.2) is 36.7 Å². The van der Waals surface area contributed by atoms with Crippen molar-refractivity contribution in [1.29, 1.82) is 0 Å². The molecule has 1 aromatic heterocycles. The van der Waals surface area contributed by atoms with Crippen LogP contribution in [0, 0.1) is 0 Å². The number of carboxylic acid groups (broad SMARTS) is 1. The van der Waals surface area contributed by atoms with Crippen molar-refractivity contribution in [3.63, 3.8) is 0 Å². The summed E-state index contributed by atoms with van der Waals surface area (Å²) in [5.41, 5.74) is 0.537. The van der Waals surface area contributed by atoms with Gasteiger partial charge in [0.1, 0.15) is 0 Å². The van der Waals surface area contributed by atoms with Crippen LogP contribution in [0.2, 0.25) is 0 Å². The van der Waals surface area contributed by atoms with Gasteiger partial charge in [-0.05, 0) is 12.1 Å². The molecule has 2 aromatic rings. The van der Waals surface area contributed by atoms with Crippen molar-refractivity contribution in [1.82, 2.24) is 9.97 Å². The third kappa shape index (κ3) is 3.37. The molecule has 0 fully saturated rings. The average Bonchev–Trinajstić information content (AvgIpc) is 2.17. The van der Waals surface area contributed by atoms with E-state index in [1.165, 1.54) is 0 Å². The Bertz CT molecular complexity index is 364. The van der Waals surface area contributed by atoms with Crippen LogP contribution in [0.25, 0.3) is 11.0 Å². The number of para-hydroxylation sites is 2. The molecule has 1 heterocycles. The van der Waals surface area contributed by atoms with Crippen molar-refractivity contribution in [3.05, 3.63) is 36.7 Å². The molecule has 0 atom stereocenters. The predicted molar refractivity (Wildman–Crippen MR) is 53.4 cm³/mol. The van der Waals surface area contributed by atoms with Crippen molar-refractivity contribution in [2.24, 2.45) is 0 Å². The summed E-state index contributed by atoms with van der Waals surface area (Å²) in [6, 6.07) is 7.80. The fourth-order valence-electron chi connectivity index (χ4n) is 0.910. The molecular formula is C9H7ClN2O2. The Morgan fingerprint density at radius 3 is 1.86 bits per heavy atom. The first-order valence-electron chi connectivity index (χ1n) is 3.74. The molecule has 0 aliphatic carbocycles. The van der Waals surface area contributed by atoms with E-state index in [-0.39, 0.29) is 0 Å². The fourth-order valence-corrected chi connectivity index (χ4v) is 0.910. The normalized spacial score (nSPS) is 8.93. The number of benzene rings is 1. The quantitative estimate of drug-likeness (QED) is 0.679. The Morgan fingerprint density at radius 1 is 1.14 bits per heavy atom. The number of hydrogen-bond donors (Lipinski definition) is 1.